The lowest BCUT2D eigenvalue weighted by molar-refractivity contribution is 0.162. The molecule has 3 aliphatic carbocycles. The van der Waals surface area contributed by atoms with Crippen molar-refractivity contribution >= 4 is 0 Å². The van der Waals surface area contributed by atoms with Crippen LogP contribution in [0.15, 0.2) is 0 Å². The van der Waals surface area contributed by atoms with Gasteiger partial charge in [-0.15, -0.1) is 0 Å². The molecule has 0 aromatic carbocycles. The molecular weight excluding hydrogens is 246 g/mol. The van der Waals surface area contributed by atoms with E-state index in [1.807, 2.05) is 0 Å². The number of nitriles is 1. The molecule has 3 saturated carbocycles. The molecule has 3 rings (SSSR count). The predicted octanol–water partition coefficient (Wildman–Crippen LogP) is 2.92. The highest BCUT2D eigenvalue weighted by Crippen LogP contribution is 2.35. The summed E-state index contributed by atoms with van der Waals surface area (Å²) in [6.07, 6.45) is 9.14. The summed E-state index contributed by atoms with van der Waals surface area (Å²) in [4.78, 5) is 2.68. The molecule has 20 heavy (non-hydrogen) atoms. The molecule has 0 radical (unpaired) electrons. The Morgan fingerprint density at radius 3 is 2.10 bits per heavy atom. The number of nitrogens with one attached hydrogen (secondary N) is 1. The van der Waals surface area contributed by atoms with E-state index in [0.29, 0.717) is 12.1 Å². The van der Waals surface area contributed by atoms with Gasteiger partial charge in [-0.3, -0.25) is 5.32 Å². The molecule has 1 N–H and O–H groups in total. The topological polar surface area (TPSA) is 39.1 Å². The van der Waals surface area contributed by atoms with Crippen LogP contribution in [0.25, 0.3) is 0 Å². The second-order valence-electron chi connectivity index (χ2n) is 7.76. The molecule has 3 heteroatoms. The zero-order chi connectivity index (χ0) is 14.2. The molecule has 0 aliphatic heterocycles. The van der Waals surface area contributed by atoms with Gasteiger partial charge < -0.3 is 4.90 Å². The lowest BCUT2D eigenvalue weighted by Gasteiger charge is -2.34. The first-order chi connectivity index (χ1) is 9.58. The van der Waals surface area contributed by atoms with E-state index in [1.165, 1.54) is 51.6 Å². The smallest absolute Gasteiger partial charge is 0.105 e. The van der Waals surface area contributed by atoms with Crippen LogP contribution in [0, 0.1) is 23.2 Å². The average Bonchev–Trinajstić information content (AvgIpc) is 3.23. The van der Waals surface area contributed by atoms with Gasteiger partial charge in [0, 0.05) is 25.2 Å². The van der Waals surface area contributed by atoms with Crippen molar-refractivity contribution in [3.8, 4) is 6.07 Å². The minimum Gasteiger partial charge on any atom is -0.300 e. The summed E-state index contributed by atoms with van der Waals surface area (Å²) in [5.41, 5.74) is -0.341. The minimum absolute atomic E-state index is 0.341. The molecule has 0 spiro atoms. The van der Waals surface area contributed by atoms with E-state index in [1.54, 1.807) is 0 Å². The Bertz CT molecular complexity index is 362. The Morgan fingerprint density at radius 2 is 1.70 bits per heavy atom. The quantitative estimate of drug-likeness (QED) is 0.703. The minimum atomic E-state index is -0.341. The van der Waals surface area contributed by atoms with Crippen LogP contribution in [-0.2, 0) is 0 Å². The number of hydrogen-bond acceptors (Lipinski definition) is 3. The van der Waals surface area contributed by atoms with Crippen molar-refractivity contribution in [2.75, 3.05) is 13.1 Å². The van der Waals surface area contributed by atoms with Gasteiger partial charge in [-0.25, -0.2) is 0 Å². The second-order valence-corrected chi connectivity index (χ2v) is 7.76. The molecule has 0 amide bonds. The fraction of sp³-hybridized carbons (Fsp3) is 0.941. The zero-order valence-corrected chi connectivity index (χ0v) is 13.1. The van der Waals surface area contributed by atoms with Crippen LogP contribution in [0.3, 0.4) is 0 Å². The summed E-state index contributed by atoms with van der Waals surface area (Å²) in [6, 6.07) is 3.66. The molecule has 2 unspecified atom stereocenters. The molecule has 0 saturated heterocycles. The van der Waals surface area contributed by atoms with Gasteiger partial charge in [0.15, 0.2) is 0 Å². The van der Waals surface area contributed by atoms with Gasteiger partial charge in [-0.05, 0) is 70.6 Å². The van der Waals surface area contributed by atoms with Gasteiger partial charge in [0.25, 0.3) is 0 Å². The van der Waals surface area contributed by atoms with Gasteiger partial charge in [0.05, 0.1) is 6.07 Å². The molecule has 2 atom stereocenters. The molecule has 3 aliphatic rings. The van der Waals surface area contributed by atoms with E-state index in [2.05, 4.69) is 30.1 Å². The van der Waals surface area contributed by atoms with Crippen LogP contribution in [0.5, 0.6) is 0 Å². The Morgan fingerprint density at radius 1 is 1.15 bits per heavy atom. The van der Waals surface area contributed by atoms with Gasteiger partial charge in [-0.1, -0.05) is 0 Å². The van der Waals surface area contributed by atoms with Crippen molar-refractivity contribution in [2.45, 2.75) is 76.4 Å². The van der Waals surface area contributed by atoms with Gasteiger partial charge in [0.1, 0.15) is 5.54 Å². The van der Waals surface area contributed by atoms with Crippen molar-refractivity contribution in [3.05, 3.63) is 0 Å². The summed E-state index contributed by atoms with van der Waals surface area (Å²) in [7, 11) is 0. The van der Waals surface area contributed by atoms with Crippen molar-refractivity contribution in [1.82, 2.24) is 10.2 Å². The van der Waals surface area contributed by atoms with Crippen molar-refractivity contribution in [2.24, 2.45) is 11.8 Å². The maximum absolute atomic E-state index is 9.55. The van der Waals surface area contributed by atoms with Crippen LogP contribution >= 0.6 is 0 Å². The Kier molecular flexibility index (Phi) is 4.06. The predicted molar refractivity (Wildman–Crippen MR) is 81.3 cm³/mol. The fourth-order valence-electron chi connectivity index (χ4n) is 3.23. The summed E-state index contributed by atoms with van der Waals surface area (Å²) >= 11 is 0. The molecular formula is C17H29N3. The highest BCUT2D eigenvalue weighted by molar-refractivity contribution is 5.08. The van der Waals surface area contributed by atoms with Gasteiger partial charge in [0.2, 0.25) is 0 Å². The highest BCUT2D eigenvalue weighted by Gasteiger charge is 2.37. The van der Waals surface area contributed by atoms with E-state index in [-0.39, 0.29) is 5.54 Å². The molecule has 3 nitrogen and oxygen atoms in total. The van der Waals surface area contributed by atoms with Crippen LogP contribution in [0.1, 0.15) is 58.8 Å². The molecule has 0 aromatic rings. The average molecular weight is 275 g/mol. The van der Waals surface area contributed by atoms with Gasteiger partial charge >= 0.3 is 0 Å². The third-order valence-electron chi connectivity index (χ3n) is 5.05. The zero-order valence-electron chi connectivity index (χ0n) is 13.1. The van der Waals surface area contributed by atoms with Crippen LogP contribution in [0.4, 0.5) is 0 Å². The summed E-state index contributed by atoms with van der Waals surface area (Å²) in [5, 5.41) is 13.1. The van der Waals surface area contributed by atoms with Crippen molar-refractivity contribution in [3.63, 3.8) is 0 Å². The molecule has 0 aromatic heterocycles. The molecule has 0 heterocycles. The maximum Gasteiger partial charge on any atom is 0.105 e. The third kappa shape index (κ3) is 4.20. The van der Waals surface area contributed by atoms with Crippen molar-refractivity contribution < 1.29 is 0 Å². The first kappa shape index (κ1) is 14.4. The van der Waals surface area contributed by atoms with Crippen LogP contribution in [0.2, 0.25) is 0 Å². The third-order valence-corrected chi connectivity index (χ3v) is 5.05. The number of rotatable bonds is 9. The van der Waals surface area contributed by atoms with Crippen molar-refractivity contribution in [1.29, 1.82) is 5.26 Å². The Hall–Kier alpha value is -0.590. The normalized spacial score (nSPS) is 27.1. The largest absolute Gasteiger partial charge is 0.300 e. The highest BCUT2D eigenvalue weighted by atomic mass is 15.2. The van der Waals surface area contributed by atoms with E-state index in [0.717, 1.165) is 18.3 Å². The standard InChI is InChI=1S/C17H29N3/c1-13(9-17(2,12-18)19-16-7-8-16)20(10-14-3-4-14)11-15-5-6-15/h13-16,19H,3-11H2,1-2H3. The lowest BCUT2D eigenvalue weighted by Crippen LogP contribution is -2.48. The fourth-order valence-corrected chi connectivity index (χ4v) is 3.23. The van der Waals surface area contributed by atoms with E-state index in [9.17, 15) is 5.26 Å². The van der Waals surface area contributed by atoms with Crippen LogP contribution < -0.4 is 5.32 Å². The number of nitrogens with zero attached hydrogens (tertiary/aromatic N) is 2. The molecule has 0 bridgehead atoms. The summed E-state index contributed by atoms with van der Waals surface area (Å²) in [5.74, 6) is 1.89. The summed E-state index contributed by atoms with van der Waals surface area (Å²) < 4.78 is 0. The molecule has 112 valence electrons. The SMILES string of the molecule is CC(CC(C)(C#N)NC1CC1)N(CC1CC1)CC1CC1. The first-order valence-corrected chi connectivity index (χ1v) is 8.51. The Balaban J connectivity index is 1.55. The monoisotopic (exact) mass is 275 g/mol. The van der Waals surface area contributed by atoms with Gasteiger partial charge in [-0.2, -0.15) is 5.26 Å². The maximum atomic E-state index is 9.55. The second kappa shape index (κ2) is 5.66. The van der Waals surface area contributed by atoms with E-state index >= 15 is 0 Å². The first-order valence-electron chi connectivity index (χ1n) is 8.51. The summed E-state index contributed by atoms with van der Waals surface area (Å²) in [6.45, 7) is 6.95. The molecule has 3 fully saturated rings. The van der Waals surface area contributed by atoms with E-state index < -0.39 is 0 Å². The van der Waals surface area contributed by atoms with Crippen LogP contribution in [-0.4, -0.2) is 35.6 Å². The Labute approximate surface area is 123 Å². The lowest BCUT2D eigenvalue weighted by atomic mass is 9.94. The van der Waals surface area contributed by atoms with E-state index in [4.69, 9.17) is 0 Å². The number of hydrogen-bond donors (Lipinski definition) is 1.